The highest BCUT2D eigenvalue weighted by atomic mass is 16.6. The molecule has 152 valence electrons. The van der Waals surface area contributed by atoms with Crippen molar-refractivity contribution in [3.05, 3.63) is 52.1 Å². The molecule has 0 saturated carbocycles. The van der Waals surface area contributed by atoms with Crippen LogP contribution in [0.2, 0.25) is 0 Å². The molecule has 0 aliphatic rings. The van der Waals surface area contributed by atoms with Crippen molar-refractivity contribution in [3.63, 3.8) is 0 Å². The number of aromatic carboxylic acids is 1. The first-order valence-corrected chi connectivity index (χ1v) is 7.79. The summed E-state index contributed by atoms with van der Waals surface area (Å²) in [6.45, 7) is 3.72. The van der Waals surface area contributed by atoms with Crippen LogP contribution in [-0.2, 0) is 4.74 Å². The molecule has 0 amide bonds. The Kier molecular flexibility index (Phi) is 10.8. The summed E-state index contributed by atoms with van der Waals surface area (Å²) in [6.07, 6.45) is 4.79. The minimum absolute atomic E-state index is 0.0440. The molecule has 0 aliphatic heterocycles. The number of aliphatic hydroxyl groups excluding tert-OH is 1. The molecule has 0 bridgehead atoms. The fraction of sp³-hybridized carbons (Fsp3) is 0.250. The van der Waals surface area contributed by atoms with E-state index < -0.39 is 22.5 Å². The number of carboxylic acids is 1. The van der Waals surface area contributed by atoms with Gasteiger partial charge in [-0.15, -0.1) is 0 Å². The van der Waals surface area contributed by atoms with Crippen LogP contribution in [0.15, 0.2) is 30.9 Å². The normalized spacial score (nSPS) is 9.11. The van der Waals surface area contributed by atoms with E-state index in [0.717, 1.165) is 12.4 Å². The predicted octanol–water partition coefficient (Wildman–Crippen LogP) is 1.11. The van der Waals surface area contributed by atoms with Gasteiger partial charge in [0.2, 0.25) is 0 Å². The molecule has 28 heavy (non-hydrogen) atoms. The van der Waals surface area contributed by atoms with Crippen LogP contribution in [0.4, 0.5) is 17.1 Å². The number of aromatic nitrogens is 2. The lowest BCUT2D eigenvalue weighted by atomic mass is 10.2. The van der Waals surface area contributed by atoms with Gasteiger partial charge >= 0.3 is 17.6 Å². The lowest BCUT2D eigenvalue weighted by Gasteiger charge is -2.04. The lowest BCUT2D eigenvalue weighted by molar-refractivity contribution is -0.384. The number of hydrogen-bond acceptors (Lipinski definition) is 10. The van der Waals surface area contributed by atoms with E-state index in [1.807, 2.05) is 0 Å². The Morgan fingerprint density at radius 1 is 1.18 bits per heavy atom. The first-order valence-electron chi connectivity index (χ1n) is 7.79. The summed E-state index contributed by atoms with van der Waals surface area (Å²) in [4.78, 5) is 38.5. The van der Waals surface area contributed by atoms with Gasteiger partial charge in [0.1, 0.15) is 23.0 Å². The van der Waals surface area contributed by atoms with Gasteiger partial charge in [-0.1, -0.05) is 0 Å². The number of pyridine rings is 2. The number of nitrogens with two attached hydrogens (primary N) is 2. The summed E-state index contributed by atoms with van der Waals surface area (Å²) >= 11 is 0. The van der Waals surface area contributed by atoms with Crippen LogP contribution < -0.4 is 11.5 Å². The molecule has 0 aromatic carbocycles. The van der Waals surface area contributed by atoms with Crippen molar-refractivity contribution in [1.29, 1.82) is 0 Å². The number of esters is 1. The number of carboxylic acid groups (broad SMARTS) is 1. The van der Waals surface area contributed by atoms with Gasteiger partial charge < -0.3 is 26.4 Å². The maximum atomic E-state index is 11.3. The zero-order valence-electron chi connectivity index (χ0n) is 15.2. The first kappa shape index (κ1) is 24.2. The van der Waals surface area contributed by atoms with Crippen molar-refractivity contribution in [2.24, 2.45) is 0 Å². The van der Waals surface area contributed by atoms with E-state index in [2.05, 4.69) is 14.7 Å². The minimum atomic E-state index is -1.05. The van der Waals surface area contributed by atoms with Gasteiger partial charge in [-0.05, 0) is 19.9 Å². The Morgan fingerprint density at radius 2 is 1.75 bits per heavy atom. The molecule has 0 radical (unpaired) electrons. The van der Waals surface area contributed by atoms with Crippen molar-refractivity contribution in [3.8, 4) is 0 Å². The van der Waals surface area contributed by atoms with E-state index in [1.165, 1.54) is 18.5 Å². The van der Waals surface area contributed by atoms with Crippen molar-refractivity contribution in [1.82, 2.24) is 9.97 Å². The standard InChI is InChI=1S/C8H9N3O4.C6H6N2O2.C2H6O/c1-2-15-8(12)5-3-10-4-6(7(5)9)11(13)14;7-5-1-2-8-3-4(5)6(9)10;1-2-3/h3-4H,2H2,1H3,(H2,9,10);1-3H,(H2,7,8)(H,9,10);3H,2H2,1H3. The van der Waals surface area contributed by atoms with Gasteiger partial charge in [-0.3, -0.25) is 20.1 Å². The molecule has 0 fully saturated rings. The van der Waals surface area contributed by atoms with E-state index >= 15 is 0 Å². The molecular weight excluding hydrogens is 374 g/mol. The first-order chi connectivity index (χ1) is 13.2. The molecule has 12 nitrogen and oxygen atoms in total. The smallest absolute Gasteiger partial charge is 0.342 e. The molecule has 2 rings (SSSR count). The Morgan fingerprint density at radius 3 is 2.18 bits per heavy atom. The van der Waals surface area contributed by atoms with Gasteiger partial charge in [-0.2, -0.15) is 0 Å². The third-order valence-electron chi connectivity index (χ3n) is 2.74. The van der Waals surface area contributed by atoms with Crippen molar-refractivity contribution < 1.29 is 29.5 Å². The summed E-state index contributed by atoms with van der Waals surface area (Å²) < 4.78 is 4.66. The SMILES string of the molecule is CCO.CCOC(=O)c1cncc([N+](=O)[O-])c1N.Nc1ccncc1C(=O)O. The number of nitrogen functional groups attached to an aromatic ring is 2. The number of anilines is 2. The number of ether oxygens (including phenoxy) is 1. The molecule has 2 heterocycles. The van der Waals surface area contributed by atoms with Gasteiger partial charge in [-0.25, -0.2) is 9.59 Å². The third-order valence-corrected chi connectivity index (χ3v) is 2.74. The molecule has 0 saturated heterocycles. The largest absolute Gasteiger partial charge is 0.478 e. The highest BCUT2D eigenvalue weighted by Crippen LogP contribution is 2.23. The fourth-order valence-corrected chi connectivity index (χ4v) is 1.56. The zero-order valence-corrected chi connectivity index (χ0v) is 15.2. The molecule has 12 heteroatoms. The second-order valence-electron chi connectivity index (χ2n) is 4.68. The lowest BCUT2D eigenvalue weighted by Crippen LogP contribution is -2.10. The summed E-state index contributed by atoms with van der Waals surface area (Å²) in [5, 5.41) is 26.5. The molecule has 2 aromatic rings. The van der Waals surface area contributed by atoms with Crippen molar-refractivity contribution in [2.75, 3.05) is 24.7 Å². The fourth-order valence-electron chi connectivity index (χ4n) is 1.56. The van der Waals surface area contributed by atoms with Gasteiger partial charge in [0.25, 0.3) is 0 Å². The quantitative estimate of drug-likeness (QED) is 0.327. The van der Waals surface area contributed by atoms with E-state index in [9.17, 15) is 19.7 Å². The van der Waals surface area contributed by atoms with Gasteiger partial charge in [0.15, 0.2) is 0 Å². The molecule has 0 aliphatic carbocycles. The number of carbonyl (C=O) groups is 2. The maximum Gasteiger partial charge on any atom is 0.342 e. The van der Waals surface area contributed by atoms with E-state index in [-0.39, 0.29) is 35.7 Å². The number of hydrogen-bond donors (Lipinski definition) is 4. The van der Waals surface area contributed by atoms with E-state index in [4.69, 9.17) is 21.7 Å². The number of nitro groups is 1. The van der Waals surface area contributed by atoms with Crippen LogP contribution in [0.5, 0.6) is 0 Å². The molecule has 6 N–H and O–H groups in total. The van der Waals surface area contributed by atoms with Crippen LogP contribution >= 0.6 is 0 Å². The van der Waals surface area contributed by atoms with Crippen molar-refractivity contribution >= 4 is 29.0 Å². The Labute approximate surface area is 159 Å². The number of carbonyl (C=O) groups excluding carboxylic acids is 1. The second-order valence-corrected chi connectivity index (χ2v) is 4.68. The van der Waals surface area contributed by atoms with Crippen LogP contribution in [0.25, 0.3) is 0 Å². The predicted molar refractivity (Wildman–Crippen MR) is 99.6 cm³/mol. The number of nitrogens with zero attached hydrogens (tertiary/aromatic N) is 3. The monoisotopic (exact) mass is 395 g/mol. The molecule has 0 spiro atoms. The van der Waals surface area contributed by atoms with Crippen molar-refractivity contribution in [2.45, 2.75) is 13.8 Å². The van der Waals surface area contributed by atoms with E-state index in [1.54, 1.807) is 13.8 Å². The van der Waals surface area contributed by atoms with Crippen LogP contribution in [-0.4, -0.2) is 50.3 Å². The average molecular weight is 395 g/mol. The summed E-state index contributed by atoms with van der Waals surface area (Å²) in [5.41, 5.74) is 10.3. The summed E-state index contributed by atoms with van der Waals surface area (Å²) in [7, 11) is 0. The van der Waals surface area contributed by atoms with Crippen LogP contribution in [0.3, 0.4) is 0 Å². The zero-order chi connectivity index (χ0) is 21.7. The second kappa shape index (κ2) is 12.5. The molecular formula is C16H21N5O7. The van der Waals surface area contributed by atoms with Crippen LogP contribution in [0, 0.1) is 10.1 Å². The molecule has 0 unspecified atom stereocenters. The van der Waals surface area contributed by atoms with E-state index in [0.29, 0.717) is 0 Å². The summed E-state index contributed by atoms with van der Waals surface area (Å²) in [6, 6.07) is 1.45. The maximum absolute atomic E-state index is 11.3. The van der Waals surface area contributed by atoms with Crippen LogP contribution in [0.1, 0.15) is 34.6 Å². The average Bonchev–Trinajstić information content (AvgIpc) is 2.63. The van der Waals surface area contributed by atoms with Gasteiger partial charge in [0, 0.05) is 30.9 Å². The topological polar surface area (TPSA) is 205 Å². The third kappa shape index (κ3) is 7.61. The molecule has 0 atom stereocenters. The molecule has 2 aromatic heterocycles. The van der Waals surface area contributed by atoms with Gasteiger partial charge in [0.05, 0.1) is 11.5 Å². The Hall–Kier alpha value is -3.80. The highest BCUT2D eigenvalue weighted by molar-refractivity contribution is 5.96. The number of rotatable bonds is 4. The highest BCUT2D eigenvalue weighted by Gasteiger charge is 2.20. The Bertz CT molecular complexity index is 814. The Balaban J connectivity index is 0.000000483. The number of aliphatic hydroxyl groups is 1. The summed E-state index contributed by atoms with van der Waals surface area (Å²) in [5.74, 6) is -1.77. The minimum Gasteiger partial charge on any atom is -0.478 e.